The first-order chi connectivity index (χ1) is 46.4. The molecule has 2 aromatic carbocycles. The monoisotopic (exact) mass is 1510 g/mol. The van der Waals surface area contributed by atoms with Gasteiger partial charge in [-0.25, -0.2) is 18.7 Å². The number of carbonyl (C=O) groups is 2. The molecule has 0 aliphatic rings. The number of anilines is 3. The Morgan fingerprint density at radius 3 is 1.46 bits per heavy atom. The van der Waals surface area contributed by atoms with Gasteiger partial charge in [0.05, 0.1) is 55.3 Å². The number of carbonyl (C=O) groups excluding carboxylic acids is 2. The third-order valence-electron chi connectivity index (χ3n) is 12.4. The van der Waals surface area contributed by atoms with Crippen molar-refractivity contribution in [2.45, 2.75) is 119 Å². The lowest BCUT2D eigenvalue weighted by atomic mass is 10.2. The molecule has 0 spiro atoms. The van der Waals surface area contributed by atoms with Gasteiger partial charge in [-0.15, -0.1) is 0 Å². The number of benzene rings is 2. The minimum Gasteiger partial charge on any atom is -0.505 e. The Labute approximate surface area is 625 Å². The summed E-state index contributed by atoms with van der Waals surface area (Å²) in [4.78, 5) is 53.1. The van der Waals surface area contributed by atoms with Crippen molar-refractivity contribution in [3.63, 3.8) is 0 Å². The molecule has 0 aliphatic heterocycles. The van der Waals surface area contributed by atoms with Crippen molar-refractivity contribution in [1.29, 1.82) is 0 Å². The summed E-state index contributed by atoms with van der Waals surface area (Å²) in [6.07, 6.45) is 17.8. The van der Waals surface area contributed by atoms with Crippen molar-refractivity contribution in [3.8, 4) is 34.5 Å². The number of fused-ring (bicyclic) bond motifs is 1. The molecule has 0 bridgehead atoms. The highest BCUT2D eigenvalue weighted by Gasteiger charge is 2.16. The fourth-order valence-corrected chi connectivity index (χ4v) is 8.36. The molecule has 28 heteroatoms. The van der Waals surface area contributed by atoms with E-state index in [1.54, 1.807) is 81.6 Å². The zero-order valence-corrected chi connectivity index (χ0v) is 56.6. The van der Waals surface area contributed by atoms with E-state index in [-0.39, 0.29) is 111 Å². The van der Waals surface area contributed by atoms with Crippen molar-refractivity contribution in [3.05, 3.63) is 218 Å². The first-order valence-electron chi connectivity index (χ1n) is 29.1. The van der Waals surface area contributed by atoms with E-state index in [1.807, 2.05) is 52.8 Å². The lowest BCUT2D eigenvalue weighted by Gasteiger charge is -2.10. The van der Waals surface area contributed by atoms with E-state index < -0.39 is 11.6 Å². The zero-order valence-electron chi connectivity index (χ0n) is 53.6. The molecule has 564 valence electrons. The molecule has 0 unspecified atom stereocenters. The second kappa shape index (κ2) is 55.0. The quantitative estimate of drug-likeness (QED) is 0.0205. The number of halogens is 6. The van der Waals surface area contributed by atoms with Gasteiger partial charge in [-0.3, -0.25) is 39.5 Å². The van der Waals surface area contributed by atoms with E-state index in [0.29, 0.717) is 86.5 Å². The zero-order chi connectivity index (χ0) is 70.4. The van der Waals surface area contributed by atoms with Crippen LogP contribution in [-0.4, -0.2) is 111 Å². The minimum atomic E-state index is -0.486. The van der Waals surface area contributed by atoms with Crippen LogP contribution in [0.1, 0.15) is 141 Å². The average Bonchev–Trinajstić information content (AvgIpc) is 1.64. The van der Waals surface area contributed by atoms with Crippen LogP contribution in [0.5, 0.6) is 34.5 Å². The number of aromatic nitrogens is 7. The fraction of sp³-hybridized carbons (Fsp3) is 0.307. The Morgan fingerprint density at radius 2 is 0.951 bits per heavy atom. The number of aromatic hydroxyl groups is 3. The van der Waals surface area contributed by atoms with Gasteiger partial charge in [-0.2, -0.15) is 0 Å². The number of pyridine rings is 7. The van der Waals surface area contributed by atoms with Gasteiger partial charge >= 0.3 is 0 Å². The maximum atomic E-state index is 13.2. The van der Waals surface area contributed by atoms with Gasteiger partial charge in [-0.1, -0.05) is 133 Å². The highest BCUT2D eigenvalue weighted by molar-refractivity contribution is 6.31. The van der Waals surface area contributed by atoms with E-state index in [9.17, 15) is 28.6 Å². The number of aliphatic imine (C=N–C) groups is 1. The van der Waals surface area contributed by atoms with Crippen LogP contribution in [0.15, 0.2) is 150 Å². The number of nitrogens with two attached hydrogens (primary N) is 1. The molecule has 0 radical (unpaired) electrons. The third-order valence-corrected chi connectivity index (χ3v) is 13.6. The summed E-state index contributed by atoms with van der Waals surface area (Å²) in [6, 6.07) is 25.5. The van der Waals surface area contributed by atoms with Crippen LogP contribution in [-0.2, 0) is 46.3 Å². The van der Waals surface area contributed by atoms with E-state index in [0.717, 1.165) is 53.8 Å². The molecule has 103 heavy (non-hydrogen) atoms. The Kier molecular flexibility index (Phi) is 53.3. The number of hydrogen-bond donors (Lipinski definition) is 5. The highest BCUT2D eigenvalue weighted by atomic mass is 35.5. The summed E-state index contributed by atoms with van der Waals surface area (Å²) in [7, 11) is 4.68. The van der Waals surface area contributed by atoms with Gasteiger partial charge in [0.15, 0.2) is 66.1 Å². The van der Waals surface area contributed by atoms with Gasteiger partial charge < -0.3 is 59.2 Å². The van der Waals surface area contributed by atoms with Gasteiger partial charge in [-0.05, 0) is 129 Å². The predicted molar refractivity (Wildman–Crippen MR) is 415 cm³/mol. The van der Waals surface area contributed by atoms with Crippen molar-refractivity contribution in [2.75, 3.05) is 52.8 Å². The van der Waals surface area contributed by atoms with Gasteiger partial charge in [0.1, 0.15) is 34.6 Å². The molecule has 8 heterocycles. The standard InChI is InChI=1S/C15H13ClFN3O.C14H12ClFN2O.C10H13NO3.C9H13NO2.C8H9NO2.C7H8ClNO2.C5H4ClNO.7CH4/c1-2-12-14-9(5-6-19-12)13(15(18)21-14)20-8-3-4-11(17)10(16)7-8;1-2-13-14(19)9(5-6-17-13)8-18-10-3-4-12(16)11(15)7-10;1-3-9-10(14-7-13-2)8(6-12)4-5-11-9;1-3-8-9(12-7-11-2)5-4-6-10-8;1-2-7-8(11)6(5-10)3-4-9-7;1-10-5-11-6-3-2-4-9-7(6)8;6-5-4(8)2-1-3-7-5;;;;;;;/h3-7,20H,2,18H2,1H3;3-8,19H,2H2,1H3;4-6H,3,7H2,1-2H3;4-6H,3,7H2,1-2H3;3-5,11H,2H2,1H3;2-4H,5H2,1H3;1-3,8H;7*1H4. The Bertz CT molecular complexity index is 4050. The molecular weight excluding hydrogens is 1410 g/mol. The summed E-state index contributed by atoms with van der Waals surface area (Å²) in [5.41, 5.74) is 13.5. The number of nitrogen functional groups attached to an aromatic ring is 1. The first-order valence-corrected chi connectivity index (χ1v) is 30.7. The van der Waals surface area contributed by atoms with Crippen molar-refractivity contribution in [1.82, 2.24) is 34.9 Å². The number of aldehydes is 2. The number of methoxy groups -OCH3 is 3. The van der Waals surface area contributed by atoms with Crippen molar-refractivity contribution < 1.29 is 66.5 Å². The minimum absolute atomic E-state index is 0. The number of hydrogen-bond acceptors (Lipinski definition) is 22. The van der Waals surface area contributed by atoms with E-state index >= 15 is 0 Å². The molecule has 0 saturated heterocycles. The van der Waals surface area contributed by atoms with Crippen molar-refractivity contribution >= 4 is 99.1 Å². The van der Waals surface area contributed by atoms with Crippen LogP contribution in [0.25, 0.3) is 11.0 Å². The second-order valence-electron chi connectivity index (χ2n) is 18.9. The van der Waals surface area contributed by atoms with Gasteiger partial charge in [0.25, 0.3) is 0 Å². The largest absolute Gasteiger partial charge is 0.505 e. The maximum absolute atomic E-state index is 13.2. The van der Waals surface area contributed by atoms with Crippen LogP contribution in [0, 0.1) is 11.6 Å². The fourth-order valence-electron chi connectivity index (χ4n) is 7.71. The summed E-state index contributed by atoms with van der Waals surface area (Å²) in [5.74, 6) is 1.31. The highest BCUT2D eigenvalue weighted by Crippen LogP contribution is 2.37. The number of aryl methyl sites for hydroxylation is 5. The Morgan fingerprint density at radius 1 is 0.505 bits per heavy atom. The topological polar surface area (TPSA) is 304 Å². The number of ether oxygens (including phenoxy) is 6. The molecule has 22 nitrogen and oxygen atoms in total. The van der Waals surface area contributed by atoms with Crippen LogP contribution in [0.2, 0.25) is 20.4 Å². The Hall–Kier alpha value is -9.66. The number of nitrogens with zero attached hydrogens (tertiary/aromatic N) is 8. The lowest BCUT2D eigenvalue weighted by Crippen LogP contribution is -2.05. The molecule has 0 aliphatic carbocycles. The number of furan rings is 1. The van der Waals surface area contributed by atoms with Gasteiger partial charge in [0, 0.05) is 87.6 Å². The summed E-state index contributed by atoms with van der Waals surface area (Å²) >= 11 is 22.5. The van der Waals surface area contributed by atoms with Crippen LogP contribution >= 0.6 is 46.4 Å². The summed E-state index contributed by atoms with van der Waals surface area (Å²) < 4.78 is 61.7. The SMILES string of the molecule is C.C.C.C.C.C.C.CCc1nccc(C=Nc2ccc(F)c(Cl)c2)c1O.CCc1nccc(C=O)c1O.CCc1nccc(C=O)c1OCOC.CCc1nccc2c(Nc3ccc(F)c(Cl)c3)c(N)oc12.CCc1ncccc1OCOC.COCOc1cccnc1Cl.Oc1cccnc1Cl. The molecule has 10 aromatic rings. The van der Waals surface area contributed by atoms with E-state index in [2.05, 4.69) is 45.2 Å². The van der Waals surface area contributed by atoms with Crippen LogP contribution in [0.4, 0.5) is 31.7 Å². The molecule has 6 N–H and O–H groups in total. The molecule has 0 saturated carbocycles. The molecule has 0 amide bonds. The maximum Gasteiger partial charge on any atom is 0.215 e. The third kappa shape index (κ3) is 32.5. The average molecular weight is 1510 g/mol. The Balaban J connectivity index is -0.000000560. The van der Waals surface area contributed by atoms with E-state index in [4.69, 9.17) is 90.1 Å². The predicted octanol–water partition coefficient (Wildman–Crippen LogP) is 20.2. The summed E-state index contributed by atoms with van der Waals surface area (Å²) in [5, 5.41) is 32.5. The lowest BCUT2D eigenvalue weighted by molar-refractivity contribution is 0.0494. The first kappa shape index (κ1) is 99.7. The van der Waals surface area contributed by atoms with Crippen LogP contribution < -0.4 is 25.3 Å². The number of nitrogens with one attached hydrogen (secondary N) is 1. The smallest absolute Gasteiger partial charge is 0.215 e. The normalized spacial score (nSPS) is 9.53. The molecule has 10 rings (SSSR count). The van der Waals surface area contributed by atoms with Crippen LogP contribution in [0.3, 0.4) is 0 Å². The number of rotatable bonds is 20. The second-order valence-corrected chi connectivity index (χ2v) is 20.4. The summed E-state index contributed by atoms with van der Waals surface area (Å²) in [6.45, 7) is 10.4. The van der Waals surface area contributed by atoms with Gasteiger partial charge in [0.2, 0.25) is 5.88 Å². The molecular formula is C75H100Cl4F2N10O12. The molecule has 0 fully saturated rings. The molecule has 8 aromatic heterocycles. The molecule has 0 atom stereocenters. The van der Waals surface area contributed by atoms with E-state index in [1.165, 1.54) is 68.2 Å². The van der Waals surface area contributed by atoms with Crippen molar-refractivity contribution in [2.24, 2.45) is 4.99 Å².